The van der Waals surface area contributed by atoms with E-state index < -0.39 is 15.7 Å². The van der Waals surface area contributed by atoms with Crippen molar-refractivity contribution in [1.29, 1.82) is 0 Å². The number of para-hydroxylation sites is 1. The Morgan fingerprint density at radius 2 is 1.58 bits per heavy atom. The second kappa shape index (κ2) is 7.83. The molecule has 0 atom stereocenters. The molecule has 0 aliphatic heterocycles. The highest BCUT2D eigenvalue weighted by Crippen LogP contribution is 2.21. The van der Waals surface area contributed by atoms with E-state index in [2.05, 4.69) is 5.32 Å². The summed E-state index contributed by atoms with van der Waals surface area (Å²) in [6.45, 7) is 2.23. The van der Waals surface area contributed by atoms with Gasteiger partial charge in [0.15, 0.2) is 16.4 Å². The number of nitrogens with one attached hydrogen (secondary N) is 1. The zero-order valence-electron chi connectivity index (χ0n) is 13.5. The third-order valence-corrected chi connectivity index (χ3v) is 4.22. The van der Waals surface area contributed by atoms with Gasteiger partial charge >= 0.3 is 0 Å². The van der Waals surface area contributed by atoms with Gasteiger partial charge in [-0.2, -0.15) is 0 Å². The van der Waals surface area contributed by atoms with E-state index >= 15 is 0 Å². The highest BCUT2D eigenvalue weighted by molar-refractivity contribution is 7.90. The lowest BCUT2D eigenvalue weighted by molar-refractivity contribution is -0.118. The van der Waals surface area contributed by atoms with Crippen LogP contribution in [0.2, 0.25) is 0 Å². The molecule has 0 spiro atoms. The number of hydrogen-bond acceptors (Lipinski definition) is 5. The van der Waals surface area contributed by atoms with Crippen molar-refractivity contribution in [1.82, 2.24) is 0 Å². The smallest absolute Gasteiger partial charge is 0.262 e. The number of rotatable bonds is 7. The summed E-state index contributed by atoms with van der Waals surface area (Å²) in [6, 6.07) is 13.1. The van der Waals surface area contributed by atoms with Crippen LogP contribution >= 0.6 is 0 Å². The third-order valence-electron chi connectivity index (χ3n) is 3.07. The molecule has 0 aliphatic carbocycles. The summed E-state index contributed by atoms with van der Waals surface area (Å²) in [5.41, 5.74) is 0.236. The summed E-state index contributed by atoms with van der Waals surface area (Å²) in [6.07, 6.45) is 1.09. The predicted octanol–water partition coefficient (Wildman–Crippen LogP) is 2.51. The molecule has 0 aromatic heterocycles. The molecular weight excluding hydrogens is 330 g/mol. The number of sulfone groups is 1. The molecule has 2 aromatic carbocycles. The molecule has 0 bridgehead atoms. The van der Waals surface area contributed by atoms with Crippen LogP contribution in [0.5, 0.6) is 11.5 Å². The number of ether oxygens (including phenoxy) is 2. The molecule has 0 saturated heterocycles. The van der Waals surface area contributed by atoms with Gasteiger partial charge < -0.3 is 14.8 Å². The maximum Gasteiger partial charge on any atom is 0.262 e. The van der Waals surface area contributed by atoms with Crippen molar-refractivity contribution in [3.05, 3.63) is 48.5 Å². The Kier molecular flexibility index (Phi) is 5.81. The highest BCUT2D eigenvalue weighted by Gasteiger charge is 2.14. The Hall–Kier alpha value is -2.54. The van der Waals surface area contributed by atoms with Gasteiger partial charge in [-0.3, -0.25) is 4.79 Å². The van der Waals surface area contributed by atoms with E-state index in [0.29, 0.717) is 12.4 Å². The van der Waals surface area contributed by atoms with Crippen LogP contribution in [0.25, 0.3) is 0 Å². The number of anilines is 1. The lowest BCUT2D eigenvalue weighted by Crippen LogP contribution is -2.21. The van der Waals surface area contributed by atoms with Gasteiger partial charge in [-0.05, 0) is 43.3 Å². The van der Waals surface area contributed by atoms with Crippen molar-refractivity contribution in [3.8, 4) is 11.5 Å². The van der Waals surface area contributed by atoms with Crippen molar-refractivity contribution in [2.75, 3.05) is 24.8 Å². The molecule has 0 unspecified atom stereocenters. The second-order valence-corrected chi connectivity index (χ2v) is 6.99. The van der Waals surface area contributed by atoms with Crippen molar-refractivity contribution in [2.24, 2.45) is 0 Å². The summed E-state index contributed by atoms with van der Waals surface area (Å²) in [5, 5.41) is 2.55. The van der Waals surface area contributed by atoms with Gasteiger partial charge in [0, 0.05) is 6.26 Å². The monoisotopic (exact) mass is 349 g/mol. The highest BCUT2D eigenvalue weighted by atomic mass is 32.2. The van der Waals surface area contributed by atoms with Crippen molar-refractivity contribution < 1.29 is 22.7 Å². The van der Waals surface area contributed by atoms with Gasteiger partial charge in [-0.25, -0.2) is 8.42 Å². The van der Waals surface area contributed by atoms with Crippen LogP contribution in [-0.4, -0.2) is 33.8 Å². The largest absolute Gasteiger partial charge is 0.494 e. The van der Waals surface area contributed by atoms with Gasteiger partial charge in [0.2, 0.25) is 0 Å². The van der Waals surface area contributed by atoms with Crippen molar-refractivity contribution >= 4 is 21.4 Å². The van der Waals surface area contributed by atoms with Crippen LogP contribution in [0.15, 0.2) is 53.4 Å². The molecule has 6 nitrogen and oxygen atoms in total. The van der Waals surface area contributed by atoms with Crippen LogP contribution < -0.4 is 14.8 Å². The molecule has 0 saturated carbocycles. The predicted molar refractivity (Wildman–Crippen MR) is 91.3 cm³/mol. The molecule has 128 valence electrons. The minimum absolute atomic E-state index is 0.0689. The van der Waals surface area contributed by atoms with E-state index in [9.17, 15) is 13.2 Å². The van der Waals surface area contributed by atoms with E-state index in [1.54, 1.807) is 36.4 Å². The number of benzene rings is 2. The Bertz CT molecular complexity index is 800. The van der Waals surface area contributed by atoms with Gasteiger partial charge in [0.25, 0.3) is 5.91 Å². The van der Waals surface area contributed by atoms with Crippen LogP contribution in [0.1, 0.15) is 6.92 Å². The quantitative estimate of drug-likeness (QED) is 0.830. The lowest BCUT2D eigenvalue weighted by atomic mass is 10.3. The zero-order chi connectivity index (χ0) is 17.6. The van der Waals surface area contributed by atoms with Crippen molar-refractivity contribution in [3.63, 3.8) is 0 Å². The minimum atomic E-state index is -3.43. The van der Waals surface area contributed by atoms with Crippen LogP contribution in [0.3, 0.4) is 0 Å². The maximum atomic E-state index is 12.0. The molecule has 0 aliphatic rings. The molecule has 1 N–H and O–H groups in total. The SMILES string of the molecule is CCOc1ccc(OCC(=O)Nc2ccccc2S(C)(=O)=O)cc1. The lowest BCUT2D eigenvalue weighted by Gasteiger charge is -2.11. The molecule has 2 aromatic rings. The number of carbonyl (C=O) groups is 1. The Balaban J connectivity index is 1.97. The van der Waals surface area contributed by atoms with E-state index in [-0.39, 0.29) is 17.2 Å². The molecule has 0 heterocycles. The Morgan fingerprint density at radius 1 is 1.00 bits per heavy atom. The first-order valence-electron chi connectivity index (χ1n) is 7.34. The van der Waals surface area contributed by atoms with Crippen molar-refractivity contribution in [2.45, 2.75) is 11.8 Å². The molecular formula is C17H19NO5S. The van der Waals surface area contributed by atoms with E-state index in [0.717, 1.165) is 12.0 Å². The molecule has 0 fully saturated rings. The van der Waals surface area contributed by atoms with Gasteiger partial charge in [0.05, 0.1) is 17.2 Å². The van der Waals surface area contributed by atoms with E-state index in [4.69, 9.17) is 9.47 Å². The maximum absolute atomic E-state index is 12.0. The first-order valence-corrected chi connectivity index (χ1v) is 9.24. The van der Waals surface area contributed by atoms with E-state index in [1.807, 2.05) is 6.92 Å². The van der Waals surface area contributed by atoms with Gasteiger partial charge in [-0.15, -0.1) is 0 Å². The summed E-state index contributed by atoms with van der Waals surface area (Å²) in [7, 11) is -3.43. The molecule has 7 heteroatoms. The number of amides is 1. The average Bonchev–Trinajstić information content (AvgIpc) is 2.54. The second-order valence-electron chi connectivity index (χ2n) is 5.01. The molecule has 24 heavy (non-hydrogen) atoms. The zero-order valence-corrected chi connectivity index (χ0v) is 14.3. The fourth-order valence-corrected chi connectivity index (χ4v) is 2.87. The first kappa shape index (κ1) is 17.8. The summed E-state index contributed by atoms with van der Waals surface area (Å²) >= 11 is 0. The first-order chi connectivity index (χ1) is 11.4. The molecule has 0 radical (unpaired) electrons. The van der Waals surface area contributed by atoms with Crippen LogP contribution in [0.4, 0.5) is 5.69 Å². The van der Waals surface area contributed by atoms with Gasteiger partial charge in [-0.1, -0.05) is 12.1 Å². The topological polar surface area (TPSA) is 81.7 Å². The fourth-order valence-electron chi connectivity index (χ4n) is 2.03. The molecule has 1 amide bonds. The van der Waals surface area contributed by atoms with E-state index in [1.165, 1.54) is 12.1 Å². The fraction of sp³-hybridized carbons (Fsp3) is 0.235. The normalized spacial score (nSPS) is 10.9. The number of hydrogen-bond donors (Lipinski definition) is 1. The average molecular weight is 349 g/mol. The summed E-state index contributed by atoms with van der Waals surface area (Å²) in [5.74, 6) is 0.793. The van der Waals surface area contributed by atoms with Gasteiger partial charge in [0.1, 0.15) is 11.5 Å². The summed E-state index contributed by atoms with van der Waals surface area (Å²) in [4.78, 5) is 12.0. The Morgan fingerprint density at radius 3 is 2.17 bits per heavy atom. The third kappa shape index (κ3) is 4.99. The summed E-state index contributed by atoms with van der Waals surface area (Å²) < 4.78 is 34.1. The van der Waals surface area contributed by atoms with Crippen LogP contribution in [-0.2, 0) is 14.6 Å². The molecule has 2 rings (SSSR count). The Labute approximate surface area is 141 Å². The van der Waals surface area contributed by atoms with Crippen LogP contribution in [0, 0.1) is 0 Å². The minimum Gasteiger partial charge on any atom is -0.494 e. The standard InChI is InChI=1S/C17H19NO5S/c1-3-22-13-8-10-14(11-9-13)23-12-17(19)18-15-6-4-5-7-16(15)24(2,20)21/h4-11H,3,12H2,1-2H3,(H,18,19). The number of carbonyl (C=O) groups excluding carboxylic acids is 1.